The van der Waals surface area contributed by atoms with Crippen LogP contribution in [0.5, 0.6) is 0 Å². The summed E-state index contributed by atoms with van der Waals surface area (Å²) in [4.78, 5) is 23.6. The van der Waals surface area contributed by atoms with Gasteiger partial charge in [0.05, 0.1) is 0 Å². The average molecular weight is 492 g/mol. The van der Waals surface area contributed by atoms with Crippen LogP contribution in [0.2, 0.25) is 0 Å². The van der Waals surface area contributed by atoms with Gasteiger partial charge < -0.3 is 15.0 Å². The van der Waals surface area contributed by atoms with Gasteiger partial charge in [-0.3, -0.25) is 11.6 Å². The van der Waals surface area contributed by atoms with Crippen molar-refractivity contribution in [3.05, 3.63) is 90.0 Å². The quantitative estimate of drug-likeness (QED) is 0.302. The number of H-pyrrole nitrogens is 1. The molecular weight excluding hydrogens is 467 g/mol. The number of hydrogen-bond acceptors (Lipinski definition) is 6. The molecule has 0 bridgehead atoms. The molecule has 1 heterocycles. The molecular formula is C27H24N4NaO4-. The topological polar surface area (TPSA) is 127 Å². The Labute approximate surface area is 231 Å². The normalized spacial score (nSPS) is 13.9. The molecule has 1 saturated carbocycles. The minimum Gasteiger partial charge on any atom is -0.870 e. The van der Waals surface area contributed by atoms with E-state index in [1.807, 2.05) is 85.8 Å². The fourth-order valence-electron chi connectivity index (χ4n) is 3.98. The van der Waals surface area contributed by atoms with Gasteiger partial charge in [-0.1, -0.05) is 97.3 Å². The predicted molar refractivity (Wildman–Crippen MR) is 131 cm³/mol. The van der Waals surface area contributed by atoms with Crippen LogP contribution in [0.3, 0.4) is 0 Å². The third-order valence-corrected chi connectivity index (χ3v) is 6.20. The van der Waals surface area contributed by atoms with E-state index >= 15 is 0 Å². The molecule has 1 atom stereocenters. The molecule has 3 aromatic carbocycles. The smallest absolute Gasteiger partial charge is 0.870 e. The van der Waals surface area contributed by atoms with Gasteiger partial charge in [0.25, 0.3) is 0 Å². The van der Waals surface area contributed by atoms with E-state index in [0.29, 0.717) is 11.5 Å². The minimum atomic E-state index is -0.607. The molecule has 3 N–H and O–H groups in total. The van der Waals surface area contributed by atoms with E-state index in [1.165, 1.54) is 0 Å². The Kier molecular flexibility index (Phi) is 8.81. The maximum Gasteiger partial charge on any atom is 1.00 e. The molecule has 36 heavy (non-hydrogen) atoms. The van der Waals surface area contributed by atoms with E-state index in [1.54, 1.807) is 0 Å². The number of rotatable bonds is 7. The zero-order chi connectivity index (χ0) is 23.5. The molecule has 0 aliphatic heterocycles. The van der Waals surface area contributed by atoms with Crippen molar-refractivity contribution in [1.82, 2.24) is 15.4 Å². The number of nitrogens with zero attached hydrogens (tertiary/aromatic N) is 2. The second-order valence-electron chi connectivity index (χ2n) is 8.44. The molecule has 1 aliphatic rings. The number of carbonyl (C=O) groups is 1. The van der Waals surface area contributed by atoms with Crippen LogP contribution in [0.15, 0.2) is 78.9 Å². The van der Waals surface area contributed by atoms with E-state index in [2.05, 4.69) is 27.0 Å². The first-order valence-corrected chi connectivity index (χ1v) is 11.1. The number of hydrogen-bond donors (Lipinski definition) is 2. The van der Waals surface area contributed by atoms with Crippen molar-refractivity contribution >= 4 is 18.2 Å². The summed E-state index contributed by atoms with van der Waals surface area (Å²) in [5.74, 6) is 0.294. The minimum absolute atomic E-state index is 0. The third kappa shape index (κ3) is 5.74. The van der Waals surface area contributed by atoms with Crippen molar-refractivity contribution in [2.24, 2.45) is 0 Å². The van der Waals surface area contributed by atoms with Crippen LogP contribution < -0.4 is 34.9 Å². The number of anilines is 1. The summed E-state index contributed by atoms with van der Waals surface area (Å²) in [7, 11) is 0. The van der Waals surface area contributed by atoms with E-state index in [-0.39, 0.29) is 35.0 Å². The summed E-state index contributed by atoms with van der Waals surface area (Å²) >= 11 is 0. The Morgan fingerprint density at radius 2 is 1.53 bits per heavy atom. The fraction of sp³-hybridized carbons (Fsp3) is 0.185. The summed E-state index contributed by atoms with van der Waals surface area (Å²) < 4.78 is 5.47. The first-order chi connectivity index (χ1) is 16.6. The van der Waals surface area contributed by atoms with E-state index in [9.17, 15) is 9.59 Å². The maximum absolute atomic E-state index is 12.4. The molecule has 4 aromatic rings. The van der Waals surface area contributed by atoms with Crippen LogP contribution >= 0.6 is 0 Å². The molecule has 1 fully saturated rings. The first kappa shape index (κ1) is 27.3. The SMILES string of the molecule is C[C@@H](OC(=O)Nc1n[nH]nc1-c1ccc(-c2ccc(C3([C-]=O)CC3)cc2)cc1)c1ccccc1.[Na+].[OH-]. The monoisotopic (exact) mass is 491 g/mol. The molecule has 0 saturated heterocycles. The Morgan fingerprint density at radius 3 is 2.11 bits per heavy atom. The Balaban J connectivity index is 0.00000180. The predicted octanol–water partition coefficient (Wildman–Crippen LogP) is 2.42. The van der Waals surface area contributed by atoms with Gasteiger partial charge in [0, 0.05) is 5.56 Å². The number of carbonyl (C=O) groups excluding carboxylic acids is 2. The summed E-state index contributed by atoms with van der Waals surface area (Å²) in [6.45, 7) is 1.81. The van der Waals surface area contributed by atoms with Gasteiger partial charge in [-0.25, -0.2) is 4.79 Å². The van der Waals surface area contributed by atoms with Gasteiger partial charge >= 0.3 is 35.7 Å². The molecule has 1 aromatic heterocycles. The van der Waals surface area contributed by atoms with E-state index in [0.717, 1.165) is 40.7 Å². The van der Waals surface area contributed by atoms with Crippen molar-refractivity contribution in [1.29, 1.82) is 0 Å². The van der Waals surface area contributed by atoms with Gasteiger partial charge in [0.2, 0.25) is 0 Å². The number of benzene rings is 3. The van der Waals surface area contributed by atoms with E-state index in [4.69, 9.17) is 4.74 Å². The Bertz CT molecular complexity index is 1300. The molecule has 5 rings (SSSR count). The molecule has 0 radical (unpaired) electrons. The molecule has 0 spiro atoms. The van der Waals surface area contributed by atoms with Gasteiger partial charge in [0.15, 0.2) is 5.82 Å². The number of ether oxygens (including phenoxy) is 1. The maximum atomic E-state index is 12.4. The van der Waals surface area contributed by atoms with Crippen molar-refractivity contribution in [2.75, 3.05) is 5.32 Å². The molecule has 1 aliphatic carbocycles. The number of nitrogens with one attached hydrogen (secondary N) is 2. The second-order valence-corrected chi connectivity index (χ2v) is 8.44. The zero-order valence-corrected chi connectivity index (χ0v) is 22.1. The molecule has 0 unspecified atom stereocenters. The number of aromatic nitrogens is 3. The molecule has 8 nitrogen and oxygen atoms in total. The average Bonchev–Trinajstić information content (AvgIpc) is 3.56. The largest absolute Gasteiger partial charge is 1.00 e. The van der Waals surface area contributed by atoms with Gasteiger partial charge in [-0.15, -0.1) is 10.5 Å². The summed E-state index contributed by atoms with van der Waals surface area (Å²) in [5.41, 5.74) is 4.93. The standard InChI is InChI=1S/C27H23N4O3.Na.H2O/c1-18(19-5-3-2-4-6-19)34-26(33)28-25-24(29-31-30-25)22-9-7-20(8-10-22)21-11-13-23(14-12-21)27(17-32)15-16-27;;/h2-14,18H,15-16H2,1H3,(H2,28,29,30,31,33);;1H2/q-1;+1;/p-1/t18-;;/m1../s1. The van der Waals surface area contributed by atoms with Crippen LogP contribution in [0.4, 0.5) is 10.6 Å². The number of aromatic amines is 1. The van der Waals surface area contributed by atoms with E-state index < -0.39 is 17.6 Å². The van der Waals surface area contributed by atoms with Crippen molar-refractivity contribution < 1.29 is 49.4 Å². The third-order valence-electron chi connectivity index (χ3n) is 6.20. The van der Waals surface area contributed by atoms with Crippen molar-refractivity contribution in [3.63, 3.8) is 0 Å². The summed E-state index contributed by atoms with van der Waals surface area (Å²) in [5, 5.41) is 13.5. The Morgan fingerprint density at radius 1 is 0.944 bits per heavy atom. The van der Waals surface area contributed by atoms with Gasteiger partial charge in [-0.2, -0.15) is 10.3 Å². The summed E-state index contributed by atoms with van der Waals surface area (Å²) in [6, 6.07) is 25.4. The molecule has 1 amide bonds. The zero-order valence-electron chi connectivity index (χ0n) is 20.1. The Hall–Kier alpha value is -3.30. The molecule has 9 heteroatoms. The summed E-state index contributed by atoms with van der Waals surface area (Å²) in [6.07, 6.45) is 2.92. The van der Waals surface area contributed by atoms with Crippen LogP contribution in [-0.2, 0) is 14.9 Å². The van der Waals surface area contributed by atoms with Crippen molar-refractivity contribution in [3.8, 4) is 22.4 Å². The van der Waals surface area contributed by atoms with Crippen molar-refractivity contribution in [2.45, 2.75) is 31.3 Å². The second kappa shape index (κ2) is 11.6. The van der Waals surface area contributed by atoms with Gasteiger partial charge in [0.1, 0.15) is 11.8 Å². The van der Waals surface area contributed by atoms with Crippen LogP contribution in [0.1, 0.15) is 37.0 Å². The van der Waals surface area contributed by atoms with Crippen LogP contribution in [0.25, 0.3) is 22.4 Å². The van der Waals surface area contributed by atoms with Crippen LogP contribution in [-0.4, -0.2) is 33.3 Å². The van der Waals surface area contributed by atoms with Crippen LogP contribution in [0, 0.1) is 0 Å². The fourth-order valence-corrected chi connectivity index (χ4v) is 3.98. The molecule has 178 valence electrons. The number of amides is 1. The first-order valence-electron chi connectivity index (χ1n) is 11.1. The van der Waals surface area contributed by atoms with Gasteiger partial charge in [-0.05, 0) is 23.6 Å².